The van der Waals surface area contributed by atoms with Crippen LogP contribution in [0.4, 0.5) is 27.5 Å². The zero-order valence-corrected chi connectivity index (χ0v) is 22.7. The molecule has 3 aromatic heterocycles. The number of hydrogen-bond acceptors (Lipinski definition) is 11. The highest BCUT2D eigenvalue weighted by molar-refractivity contribution is 7.13. The number of benzene rings is 3. The number of nitroso groups, excluding NO2 is 1. The van der Waals surface area contributed by atoms with Gasteiger partial charge in [0, 0.05) is 27.7 Å². The lowest BCUT2D eigenvalue weighted by atomic mass is 10.1. The quantitative estimate of drug-likeness (QED) is 0.103. The number of aromatic nitrogens is 3. The van der Waals surface area contributed by atoms with E-state index in [4.69, 9.17) is 4.42 Å². The molecule has 0 bridgehead atoms. The van der Waals surface area contributed by atoms with E-state index in [9.17, 15) is 19.9 Å². The maximum absolute atomic E-state index is 15.4. The summed E-state index contributed by atoms with van der Waals surface area (Å²) in [6.07, 6.45) is 3.07. The summed E-state index contributed by atoms with van der Waals surface area (Å²) < 4.78 is 20.6. The second kappa shape index (κ2) is 11.5. The third-order valence-corrected chi connectivity index (χ3v) is 7.03. The molecular formula is C30H19FN6O5S. The number of aromatic hydroxyl groups is 2. The van der Waals surface area contributed by atoms with Crippen molar-refractivity contribution in [2.24, 2.45) is 5.18 Å². The Morgan fingerprint density at radius 2 is 1.79 bits per heavy atom. The van der Waals surface area contributed by atoms with Crippen molar-refractivity contribution in [1.82, 2.24) is 15.0 Å². The van der Waals surface area contributed by atoms with Gasteiger partial charge in [-0.15, -0.1) is 16.2 Å². The minimum Gasteiger partial charge on any atom is -0.508 e. The molecule has 0 radical (unpaired) electrons. The summed E-state index contributed by atoms with van der Waals surface area (Å²) in [5.74, 6) is -0.563. The van der Waals surface area contributed by atoms with Crippen molar-refractivity contribution in [3.05, 3.63) is 106 Å². The number of anilines is 3. The first-order valence-electron chi connectivity index (χ1n) is 12.6. The zero-order valence-electron chi connectivity index (χ0n) is 21.9. The molecule has 0 aliphatic carbocycles. The second-order valence-corrected chi connectivity index (χ2v) is 9.92. The summed E-state index contributed by atoms with van der Waals surface area (Å²) in [6, 6.07) is 18.4. The Bertz CT molecular complexity index is 2020. The standard InChI is InChI=1S/C30H19FN6O5S/c31-21-13-20-22(14-23(21)34-29(40)24-15-43-30(35-24)19-3-1-2-4-25(19)39)33-26(11-9-18-10-12-27(37-41)42-18)36-28(20)32-16-5-7-17(38)8-6-16/h1-15,38-39H,(H,34,40)(H,32,33,36)/b11-9+. The Morgan fingerprint density at radius 1 is 0.977 bits per heavy atom. The fraction of sp³-hybridized carbons (Fsp3) is 0. The van der Waals surface area contributed by atoms with Crippen LogP contribution in [0.5, 0.6) is 11.5 Å². The number of nitrogens with zero attached hydrogens (tertiary/aromatic N) is 4. The number of hydrogen-bond donors (Lipinski definition) is 4. The van der Waals surface area contributed by atoms with E-state index < -0.39 is 11.7 Å². The van der Waals surface area contributed by atoms with Crippen LogP contribution in [0.15, 0.2) is 87.8 Å². The number of amides is 1. The molecule has 0 spiro atoms. The minimum absolute atomic E-state index is 0.0264. The average molecular weight is 595 g/mol. The van der Waals surface area contributed by atoms with Crippen molar-refractivity contribution in [2.45, 2.75) is 0 Å². The van der Waals surface area contributed by atoms with Gasteiger partial charge in [0.05, 0.1) is 16.8 Å². The Balaban J connectivity index is 1.34. The molecule has 6 aromatic rings. The Morgan fingerprint density at radius 3 is 2.56 bits per heavy atom. The van der Waals surface area contributed by atoms with Gasteiger partial charge in [-0.25, -0.2) is 19.3 Å². The molecule has 212 valence electrons. The van der Waals surface area contributed by atoms with Crippen molar-refractivity contribution in [2.75, 3.05) is 10.6 Å². The van der Waals surface area contributed by atoms with Crippen LogP contribution in [0.3, 0.4) is 0 Å². The molecule has 0 saturated carbocycles. The summed E-state index contributed by atoms with van der Waals surface area (Å²) in [4.78, 5) is 37.0. The van der Waals surface area contributed by atoms with E-state index >= 15 is 4.39 Å². The summed E-state index contributed by atoms with van der Waals surface area (Å²) >= 11 is 1.17. The number of fused-ring (bicyclic) bond motifs is 1. The van der Waals surface area contributed by atoms with Gasteiger partial charge in [-0.05, 0) is 66.7 Å². The molecule has 11 nitrogen and oxygen atoms in total. The monoisotopic (exact) mass is 594 g/mol. The van der Waals surface area contributed by atoms with Crippen LogP contribution < -0.4 is 10.6 Å². The first-order valence-corrected chi connectivity index (χ1v) is 13.5. The van der Waals surface area contributed by atoms with Crippen LogP contribution in [0.25, 0.3) is 33.6 Å². The van der Waals surface area contributed by atoms with E-state index in [1.54, 1.807) is 36.4 Å². The lowest BCUT2D eigenvalue weighted by Gasteiger charge is -2.12. The number of carbonyl (C=O) groups is 1. The number of furan rings is 1. The summed E-state index contributed by atoms with van der Waals surface area (Å²) in [7, 11) is 0. The second-order valence-electron chi connectivity index (χ2n) is 9.06. The number of thiazole rings is 1. The van der Waals surface area contributed by atoms with E-state index in [2.05, 4.69) is 30.8 Å². The van der Waals surface area contributed by atoms with Crippen LogP contribution in [0.2, 0.25) is 0 Å². The average Bonchev–Trinajstić information content (AvgIpc) is 3.69. The normalized spacial score (nSPS) is 11.2. The molecule has 3 aromatic carbocycles. The maximum Gasteiger partial charge on any atom is 0.275 e. The highest BCUT2D eigenvalue weighted by Gasteiger charge is 2.18. The van der Waals surface area contributed by atoms with Crippen LogP contribution in [0.1, 0.15) is 22.1 Å². The minimum atomic E-state index is -0.734. The largest absolute Gasteiger partial charge is 0.508 e. The van der Waals surface area contributed by atoms with Crippen LogP contribution in [0, 0.1) is 10.7 Å². The van der Waals surface area contributed by atoms with Crippen molar-refractivity contribution in [3.8, 4) is 22.1 Å². The first-order chi connectivity index (χ1) is 20.9. The van der Waals surface area contributed by atoms with Crippen LogP contribution >= 0.6 is 11.3 Å². The van der Waals surface area contributed by atoms with E-state index in [0.717, 1.165) is 0 Å². The Hall–Kier alpha value is -5.95. The molecule has 13 heteroatoms. The van der Waals surface area contributed by atoms with Gasteiger partial charge in [0.1, 0.15) is 39.6 Å². The van der Waals surface area contributed by atoms with E-state index in [1.165, 1.54) is 65.3 Å². The van der Waals surface area contributed by atoms with Crippen LogP contribution in [-0.2, 0) is 0 Å². The van der Waals surface area contributed by atoms with Crippen molar-refractivity contribution in [3.63, 3.8) is 0 Å². The molecule has 6 rings (SSSR count). The summed E-state index contributed by atoms with van der Waals surface area (Å²) in [5, 5.41) is 30.4. The molecule has 0 aliphatic heterocycles. The lowest BCUT2D eigenvalue weighted by molar-refractivity contribution is 0.102. The Kier molecular flexibility index (Phi) is 7.28. The number of phenols is 2. The van der Waals surface area contributed by atoms with Gasteiger partial charge >= 0.3 is 0 Å². The fourth-order valence-electron chi connectivity index (χ4n) is 4.09. The third kappa shape index (κ3) is 5.92. The number of para-hydroxylation sites is 1. The number of rotatable bonds is 8. The molecule has 4 N–H and O–H groups in total. The zero-order chi connectivity index (χ0) is 29.9. The molecule has 3 heterocycles. The molecule has 1 amide bonds. The van der Waals surface area contributed by atoms with Gasteiger partial charge in [-0.1, -0.05) is 12.1 Å². The van der Waals surface area contributed by atoms with E-state index in [1.807, 2.05) is 0 Å². The molecular weight excluding hydrogens is 575 g/mol. The van der Waals surface area contributed by atoms with Crippen molar-refractivity contribution < 1.29 is 23.8 Å². The lowest BCUT2D eigenvalue weighted by Crippen LogP contribution is -2.13. The number of nitrogens with one attached hydrogen (secondary N) is 2. The smallest absolute Gasteiger partial charge is 0.275 e. The van der Waals surface area contributed by atoms with Gasteiger partial charge in [0.2, 0.25) is 0 Å². The maximum atomic E-state index is 15.4. The topological polar surface area (TPSA) is 163 Å². The molecule has 0 atom stereocenters. The van der Waals surface area contributed by atoms with Gasteiger partial charge in [0.25, 0.3) is 11.8 Å². The fourth-order valence-corrected chi connectivity index (χ4v) is 4.93. The highest BCUT2D eigenvalue weighted by Crippen LogP contribution is 2.33. The van der Waals surface area contributed by atoms with E-state index in [-0.39, 0.29) is 40.4 Å². The predicted molar refractivity (Wildman–Crippen MR) is 161 cm³/mol. The first kappa shape index (κ1) is 27.2. The highest BCUT2D eigenvalue weighted by atomic mass is 32.1. The number of halogens is 1. The van der Waals surface area contributed by atoms with Gasteiger partial charge in [-0.3, -0.25) is 4.79 Å². The van der Waals surface area contributed by atoms with Crippen molar-refractivity contribution >= 4 is 63.4 Å². The number of phenolic OH excluding ortho intramolecular Hbond substituents is 2. The number of carbonyl (C=O) groups excluding carboxylic acids is 1. The van der Waals surface area contributed by atoms with Gasteiger partial charge in [-0.2, -0.15) is 0 Å². The summed E-state index contributed by atoms with van der Waals surface area (Å²) in [6.45, 7) is 0. The van der Waals surface area contributed by atoms with Crippen LogP contribution in [-0.4, -0.2) is 31.1 Å². The molecule has 0 fully saturated rings. The predicted octanol–water partition coefficient (Wildman–Crippen LogP) is 7.46. The molecule has 0 aliphatic rings. The van der Waals surface area contributed by atoms with Gasteiger partial charge in [0.15, 0.2) is 5.82 Å². The van der Waals surface area contributed by atoms with Crippen molar-refractivity contribution in [1.29, 1.82) is 0 Å². The molecule has 43 heavy (non-hydrogen) atoms. The third-order valence-electron chi connectivity index (χ3n) is 6.15. The SMILES string of the molecule is O=Nc1ccc(/C=C/c2nc(Nc3ccc(O)cc3)c3cc(F)c(NC(=O)c4csc(-c5ccccc5O)n4)cc3n2)o1. The molecule has 0 unspecified atom stereocenters. The Labute approximate surface area is 246 Å². The van der Waals surface area contributed by atoms with Gasteiger partial charge < -0.3 is 25.3 Å². The van der Waals surface area contributed by atoms with E-state index in [0.29, 0.717) is 32.9 Å². The summed E-state index contributed by atoms with van der Waals surface area (Å²) in [5.41, 5.74) is 1.26. The molecule has 0 saturated heterocycles.